The number of nitrogens with one attached hydrogen (secondary N) is 1. The molecular formula is C34H45N3O7S. The van der Waals surface area contributed by atoms with E-state index in [0.29, 0.717) is 23.6 Å². The van der Waals surface area contributed by atoms with Gasteiger partial charge in [-0.2, -0.15) is 0 Å². The first kappa shape index (κ1) is 35.2. The Morgan fingerprint density at radius 2 is 1.51 bits per heavy atom. The van der Waals surface area contributed by atoms with E-state index >= 15 is 0 Å². The summed E-state index contributed by atoms with van der Waals surface area (Å²) in [5, 5.41) is 2.99. The van der Waals surface area contributed by atoms with E-state index in [0.717, 1.165) is 27.4 Å². The van der Waals surface area contributed by atoms with Gasteiger partial charge in [-0.05, 0) is 86.7 Å². The SMILES string of the molecule is CC[C@H](C(=O)N[C@@H](C)CC)N(Cc1cccc(OC)c1)C(=O)CN(c1cc(C)cc(C)c1)S(=O)(=O)c1ccc(OC)c(OC)c1. The fourth-order valence-corrected chi connectivity index (χ4v) is 6.47. The van der Waals surface area contributed by atoms with E-state index < -0.39 is 28.5 Å². The maximum absolute atomic E-state index is 14.4. The van der Waals surface area contributed by atoms with Crippen LogP contribution < -0.4 is 23.8 Å². The molecule has 0 radical (unpaired) electrons. The molecule has 3 aromatic carbocycles. The molecule has 0 unspecified atom stereocenters. The second-order valence-electron chi connectivity index (χ2n) is 11.0. The molecule has 2 atom stereocenters. The zero-order valence-corrected chi connectivity index (χ0v) is 28.2. The number of carbonyl (C=O) groups is 2. The fraction of sp³-hybridized carbons (Fsp3) is 0.412. The predicted molar refractivity (Wildman–Crippen MR) is 176 cm³/mol. The van der Waals surface area contributed by atoms with E-state index in [1.165, 1.54) is 37.3 Å². The van der Waals surface area contributed by atoms with Crippen molar-refractivity contribution < 1.29 is 32.2 Å². The van der Waals surface area contributed by atoms with Gasteiger partial charge in [0.05, 0.1) is 31.9 Å². The monoisotopic (exact) mass is 639 g/mol. The highest BCUT2D eigenvalue weighted by molar-refractivity contribution is 7.92. The Balaban J connectivity index is 2.15. The van der Waals surface area contributed by atoms with Crippen LogP contribution in [-0.4, -0.2) is 65.1 Å². The molecule has 1 N–H and O–H groups in total. The quantitative estimate of drug-likeness (QED) is 0.242. The molecule has 0 heterocycles. The lowest BCUT2D eigenvalue weighted by Crippen LogP contribution is -2.53. The van der Waals surface area contributed by atoms with Crippen molar-refractivity contribution in [3.63, 3.8) is 0 Å². The highest BCUT2D eigenvalue weighted by Gasteiger charge is 2.34. The standard InChI is InChI=1S/C34H45N3O7S/c1-9-25(5)35-34(39)30(10-2)36(21-26-12-11-13-28(19-26)42-6)33(38)22-37(27-17-23(3)16-24(4)18-27)45(40,41)29-14-15-31(43-7)32(20-29)44-8/h11-20,25,30H,9-10,21-22H2,1-8H3,(H,35,39)/t25-,30+/m0/s1. The third-order valence-electron chi connectivity index (χ3n) is 7.59. The molecule has 0 aliphatic rings. The minimum absolute atomic E-state index is 0.0690. The summed E-state index contributed by atoms with van der Waals surface area (Å²) in [5.74, 6) is 0.367. The van der Waals surface area contributed by atoms with Crippen LogP contribution >= 0.6 is 0 Å². The number of benzene rings is 3. The van der Waals surface area contributed by atoms with Gasteiger partial charge in [0, 0.05) is 18.7 Å². The highest BCUT2D eigenvalue weighted by Crippen LogP contribution is 2.33. The Morgan fingerprint density at radius 1 is 0.844 bits per heavy atom. The van der Waals surface area contributed by atoms with Crippen LogP contribution in [0.25, 0.3) is 0 Å². The molecule has 0 aliphatic carbocycles. The minimum atomic E-state index is -4.30. The first-order chi connectivity index (χ1) is 21.4. The van der Waals surface area contributed by atoms with Crippen LogP contribution in [0.15, 0.2) is 65.6 Å². The number of nitrogens with zero attached hydrogens (tertiary/aromatic N) is 2. The van der Waals surface area contributed by atoms with Crippen molar-refractivity contribution in [2.45, 2.75) is 71.0 Å². The van der Waals surface area contributed by atoms with Gasteiger partial charge in [0.25, 0.3) is 10.0 Å². The summed E-state index contributed by atoms with van der Waals surface area (Å²) in [5.41, 5.74) is 2.72. The van der Waals surface area contributed by atoms with Crippen molar-refractivity contribution in [2.24, 2.45) is 0 Å². The number of hydrogen-bond donors (Lipinski definition) is 1. The number of sulfonamides is 1. The molecule has 0 saturated heterocycles. The van der Waals surface area contributed by atoms with Gasteiger partial charge in [-0.3, -0.25) is 13.9 Å². The molecule has 45 heavy (non-hydrogen) atoms. The Morgan fingerprint density at radius 3 is 2.09 bits per heavy atom. The van der Waals surface area contributed by atoms with E-state index in [4.69, 9.17) is 14.2 Å². The zero-order valence-electron chi connectivity index (χ0n) is 27.4. The number of hydrogen-bond acceptors (Lipinski definition) is 7. The van der Waals surface area contributed by atoms with Crippen LogP contribution in [0.1, 0.15) is 50.3 Å². The molecule has 0 bridgehead atoms. The fourth-order valence-electron chi connectivity index (χ4n) is 5.06. The summed E-state index contributed by atoms with van der Waals surface area (Å²) in [6.45, 7) is 8.94. The van der Waals surface area contributed by atoms with Gasteiger partial charge >= 0.3 is 0 Å². The molecule has 2 amide bonds. The second-order valence-corrected chi connectivity index (χ2v) is 12.9. The molecule has 244 valence electrons. The van der Waals surface area contributed by atoms with Crippen molar-refractivity contribution in [2.75, 3.05) is 32.2 Å². The van der Waals surface area contributed by atoms with Gasteiger partial charge in [0.15, 0.2) is 11.5 Å². The largest absolute Gasteiger partial charge is 0.497 e. The molecule has 0 fully saturated rings. The molecular weight excluding hydrogens is 594 g/mol. The van der Waals surface area contributed by atoms with Crippen molar-refractivity contribution in [3.05, 3.63) is 77.4 Å². The Bertz CT molecular complexity index is 1570. The summed E-state index contributed by atoms with van der Waals surface area (Å²) >= 11 is 0. The highest BCUT2D eigenvalue weighted by atomic mass is 32.2. The van der Waals surface area contributed by atoms with Crippen molar-refractivity contribution in [1.82, 2.24) is 10.2 Å². The lowest BCUT2D eigenvalue weighted by atomic mass is 10.1. The van der Waals surface area contributed by atoms with Crippen LogP contribution in [0, 0.1) is 13.8 Å². The van der Waals surface area contributed by atoms with Crippen molar-refractivity contribution >= 4 is 27.5 Å². The van der Waals surface area contributed by atoms with Gasteiger partial charge < -0.3 is 24.4 Å². The zero-order chi connectivity index (χ0) is 33.3. The van der Waals surface area contributed by atoms with Gasteiger partial charge in [-0.15, -0.1) is 0 Å². The minimum Gasteiger partial charge on any atom is -0.497 e. The molecule has 10 nitrogen and oxygen atoms in total. The average Bonchev–Trinajstić information content (AvgIpc) is 3.02. The third-order valence-corrected chi connectivity index (χ3v) is 9.36. The van der Waals surface area contributed by atoms with Crippen LogP contribution in [0.2, 0.25) is 0 Å². The van der Waals surface area contributed by atoms with E-state index in [1.54, 1.807) is 37.4 Å². The second kappa shape index (κ2) is 15.7. The third kappa shape index (κ3) is 8.69. The van der Waals surface area contributed by atoms with E-state index in [-0.39, 0.29) is 29.1 Å². The summed E-state index contributed by atoms with van der Waals surface area (Å²) in [4.78, 5) is 29.3. The molecule has 0 aromatic heterocycles. The van der Waals surface area contributed by atoms with Gasteiger partial charge in [-0.25, -0.2) is 8.42 Å². The number of ether oxygens (including phenoxy) is 3. The first-order valence-corrected chi connectivity index (χ1v) is 16.4. The molecule has 11 heteroatoms. The molecule has 0 aliphatic heterocycles. The number of amides is 2. The molecule has 0 spiro atoms. The van der Waals surface area contributed by atoms with Gasteiger partial charge in [0.2, 0.25) is 11.8 Å². The molecule has 3 aromatic rings. The van der Waals surface area contributed by atoms with Crippen LogP contribution in [-0.2, 0) is 26.2 Å². The maximum atomic E-state index is 14.4. The summed E-state index contributed by atoms with van der Waals surface area (Å²) < 4.78 is 45.8. The number of rotatable bonds is 15. The number of carbonyl (C=O) groups excluding carboxylic acids is 2. The van der Waals surface area contributed by atoms with Gasteiger partial charge in [0.1, 0.15) is 18.3 Å². The average molecular weight is 640 g/mol. The van der Waals surface area contributed by atoms with Gasteiger partial charge in [-0.1, -0.05) is 32.0 Å². The number of aryl methyl sites for hydroxylation is 2. The lowest BCUT2D eigenvalue weighted by Gasteiger charge is -2.34. The molecule has 3 rings (SSSR count). The normalized spacial score (nSPS) is 12.5. The summed E-state index contributed by atoms with van der Waals surface area (Å²) in [6.07, 6.45) is 1.04. The smallest absolute Gasteiger partial charge is 0.264 e. The summed E-state index contributed by atoms with van der Waals surface area (Å²) in [7, 11) is 0.135. The predicted octanol–water partition coefficient (Wildman–Crippen LogP) is 5.25. The topological polar surface area (TPSA) is 114 Å². The summed E-state index contributed by atoms with van der Waals surface area (Å²) in [6, 6.07) is 15.9. The number of anilines is 1. The van der Waals surface area contributed by atoms with Crippen molar-refractivity contribution in [3.8, 4) is 17.2 Å². The Hall–Kier alpha value is -4.25. The Kier molecular flexibility index (Phi) is 12.3. The Labute approximate surface area is 267 Å². The van der Waals surface area contributed by atoms with Crippen molar-refractivity contribution in [1.29, 1.82) is 0 Å². The molecule has 0 saturated carbocycles. The van der Waals surface area contributed by atoms with Crippen LogP contribution in [0.5, 0.6) is 17.2 Å². The lowest BCUT2D eigenvalue weighted by molar-refractivity contribution is -0.140. The van der Waals surface area contributed by atoms with Crippen LogP contribution in [0.3, 0.4) is 0 Å². The van der Waals surface area contributed by atoms with E-state index in [2.05, 4.69) is 5.32 Å². The van der Waals surface area contributed by atoms with E-state index in [9.17, 15) is 18.0 Å². The first-order valence-electron chi connectivity index (χ1n) is 14.9. The number of methoxy groups -OCH3 is 3. The van der Waals surface area contributed by atoms with Crippen LogP contribution in [0.4, 0.5) is 5.69 Å². The van der Waals surface area contributed by atoms with E-state index in [1.807, 2.05) is 46.8 Å². The maximum Gasteiger partial charge on any atom is 0.264 e.